The molecule has 2 N–H and O–H groups in total. The van der Waals surface area contributed by atoms with Crippen molar-refractivity contribution in [2.45, 2.75) is 44.1 Å². The molecule has 0 radical (unpaired) electrons. The van der Waals surface area contributed by atoms with Crippen LogP contribution in [0, 0.1) is 23.7 Å². The van der Waals surface area contributed by atoms with E-state index >= 15 is 0 Å². The summed E-state index contributed by atoms with van der Waals surface area (Å²) in [5.41, 5.74) is 4.21. The van der Waals surface area contributed by atoms with Crippen molar-refractivity contribution in [2.24, 2.45) is 23.7 Å². The highest BCUT2D eigenvalue weighted by atomic mass is 15.1. The van der Waals surface area contributed by atoms with Crippen molar-refractivity contribution in [2.75, 3.05) is 5.32 Å². The lowest BCUT2D eigenvalue weighted by molar-refractivity contribution is 0.233. The normalized spacial score (nSPS) is 40.1. The molecule has 0 spiro atoms. The average molecular weight is 279 g/mol. The van der Waals surface area contributed by atoms with Crippen LogP contribution in [0.1, 0.15) is 43.6 Å². The van der Waals surface area contributed by atoms with Gasteiger partial charge in [0.1, 0.15) is 0 Å². The van der Waals surface area contributed by atoms with Crippen molar-refractivity contribution in [3.8, 4) is 0 Å². The quantitative estimate of drug-likeness (QED) is 0.831. The zero-order valence-corrected chi connectivity index (χ0v) is 12.2. The molecule has 1 aliphatic heterocycles. The topological polar surface area (TPSA) is 40.7 Å². The summed E-state index contributed by atoms with van der Waals surface area (Å²) in [4.78, 5) is 0. The van der Waals surface area contributed by atoms with Crippen molar-refractivity contribution in [1.29, 1.82) is 0 Å². The van der Waals surface area contributed by atoms with Crippen molar-refractivity contribution in [3.63, 3.8) is 0 Å². The first-order chi connectivity index (χ1) is 10.4. The van der Waals surface area contributed by atoms with Gasteiger partial charge >= 0.3 is 0 Å². The number of aromatic amines is 1. The molecule has 2 aromatic rings. The van der Waals surface area contributed by atoms with E-state index in [0.717, 1.165) is 35.6 Å². The van der Waals surface area contributed by atoms with Crippen LogP contribution in [0.3, 0.4) is 0 Å². The molecule has 4 aliphatic rings. The fraction of sp³-hybridized carbons (Fsp3) is 0.611. The molecule has 1 aromatic carbocycles. The van der Waals surface area contributed by atoms with Crippen LogP contribution in [0.2, 0.25) is 0 Å². The molecule has 5 atom stereocenters. The van der Waals surface area contributed by atoms with Gasteiger partial charge in [-0.2, -0.15) is 5.10 Å². The Bertz CT molecular complexity index is 729. The van der Waals surface area contributed by atoms with Crippen LogP contribution in [-0.2, 0) is 0 Å². The number of aromatic nitrogens is 2. The van der Waals surface area contributed by atoms with Gasteiger partial charge in [0.15, 0.2) is 0 Å². The van der Waals surface area contributed by atoms with E-state index in [9.17, 15) is 0 Å². The summed E-state index contributed by atoms with van der Waals surface area (Å²) >= 11 is 0. The first-order valence-electron chi connectivity index (χ1n) is 8.62. The van der Waals surface area contributed by atoms with E-state index in [1.54, 1.807) is 5.56 Å². The number of benzene rings is 1. The molecule has 6 rings (SSSR count). The van der Waals surface area contributed by atoms with Gasteiger partial charge in [0, 0.05) is 17.1 Å². The summed E-state index contributed by atoms with van der Waals surface area (Å²) in [6.45, 7) is 0. The van der Waals surface area contributed by atoms with Gasteiger partial charge in [-0.1, -0.05) is 0 Å². The number of nitrogens with one attached hydrogen (secondary N) is 2. The Morgan fingerprint density at radius 3 is 2.76 bits per heavy atom. The number of hydrogen-bond donors (Lipinski definition) is 2. The first kappa shape index (κ1) is 11.1. The largest absolute Gasteiger partial charge is 0.381 e. The highest BCUT2D eigenvalue weighted by Gasteiger charge is 2.56. The maximum absolute atomic E-state index is 4.30. The van der Waals surface area contributed by atoms with Crippen LogP contribution in [0.25, 0.3) is 10.9 Å². The number of rotatable bonds is 1. The van der Waals surface area contributed by atoms with E-state index in [1.165, 1.54) is 48.7 Å². The maximum atomic E-state index is 4.30. The van der Waals surface area contributed by atoms with E-state index in [2.05, 4.69) is 33.8 Å². The van der Waals surface area contributed by atoms with Crippen molar-refractivity contribution in [1.82, 2.24) is 10.2 Å². The van der Waals surface area contributed by atoms with E-state index in [0.29, 0.717) is 0 Å². The van der Waals surface area contributed by atoms with Gasteiger partial charge in [-0.3, -0.25) is 5.10 Å². The molecule has 0 saturated heterocycles. The maximum Gasteiger partial charge on any atom is 0.0654 e. The van der Waals surface area contributed by atoms with Crippen LogP contribution < -0.4 is 5.32 Å². The molecular formula is C18H21N3. The Morgan fingerprint density at radius 2 is 1.86 bits per heavy atom. The molecule has 3 nitrogen and oxygen atoms in total. The predicted octanol–water partition coefficient (Wildman–Crippen LogP) is 3.90. The summed E-state index contributed by atoms with van der Waals surface area (Å²) < 4.78 is 0. The van der Waals surface area contributed by atoms with Gasteiger partial charge in [-0.25, -0.2) is 0 Å². The third-order valence-corrected chi connectivity index (χ3v) is 6.85. The SMILES string of the molecule is c1cc2[nH]ncc2c2c1N[C@@H](C1CC1)[C@@H]1C3CCC(C3)[C@H]21. The second-order valence-corrected chi connectivity index (χ2v) is 7.80. The molecule has 3 saturated carbocycles. The van der Waals surface area contributed by atoms with E-state index in [-0.39, 0.29) is 0 Å². The Balaban J connectivity index is 1.60. The third kappa shape index (κ3) is 1.33. The monoisotopic (exact) mass is 279 g/mol. The molecule has 21 heavy (non-hydrogen) atoms. The zero-order chi connectivity index (χ0) is 13.6. The molecule has 0 amide bonds. The second kappa shape index (κ2) is 3.63. The van der Waals surface area contributed by atoms with E-state index < -0.39 is 0 Å². The van der Waals surface area contributed by atoms with Gasteiger partial charge in [0.25, 0.3) is 0 Å². The average Bonchev–Trinajstić information content (AvgIpc) is 2.96. The minimum absolute atomic E-state index is 0.752. The van der Waals surface area contributed by atoms with Crippen molar-refractivity contribution >= 4 is 16.6 Å². The zero-order valence-electron chi connectivity index (χ0n) is 12.2. The number of anilines is 1. The van der Waals surface area contributed by atoms with E-state index in [4.69, 9.17) is 0 Å². The highest BCUT2D eigenvalue weighted by molar-refractivity contribution is 5.88. The lowest BCUT2D eigenvalue weighted by Gasteiger charge is -2.44. The van der Waals surface area contributed by atoms with E-state index in [1.807, 2.05) is 0 Å². The van der Waals surface area contributed by atoms with Crippen molar-refractivity contribution in [3.05, 3.63) is 23.9 Å². The number of nitrogens with zero attached hydrogens (tertiary/aromatic N) is 1. The lowest BCUT2D eigenvalue weighted by atomic mass is 9.68. The third-order valence-electron chi connectivity index (χ3n) is 6.85. The number of H-pyrrole nitrogens is 1. The van der Waals surface area contributed by atoms with Crippen LogP contribution in [-0.4, -0.2) is 16.2 Å². The number of hydrogen-bond acceptors (Lipinski definition) is 2. The summed E-state index contributed by atoms with van der Waals surface area (Å²) in [6.07, 6.45) is 9.36. The summed E-state index contributed by atoms with van der Waals surface area (Å²) in [5.74, 6) is 4.55. The van der Waals surface area contributed by atoms with Crippen LogP contribution in [0.15, 0.2) is 18.3 Å². The molecule has 3 heteroatoms. The first-order valence-corrected chi connectivity index (χ1v) is 8.62. The second-order valence-electron chi connectivity index (χ2n) is 7.80. The Morgan fingerprint density at radius 1 is 1.00 bits per heavy atom. The molecule has 1 aromatic heterocycles. The fourth-order valence-electron chi connectivity index (χ4n) is 5.97. The molecule has 2 bridgehead atoms. The molecular weight excluding hydrogens is 258 g/mol. The molecule has 3 aliphatic carbocycles. The Kier molecular flexibility index (Phi) is 1.92. The minimum Gasteiger partial charge on any atom is -0.381 e. The molecule has 108 valence electrons. The van der Waals surface area contributed by atoms with Gasteiger partial charge < -0.3 is 5.32 Å². The highest BCUT2D eigenvalue weighted by Crippen LogP contribution is 2.63. The summed E-state index contributed by atoms with van der Waals surface area (Å²) in [7, 11) is 0. The smallest absolute Gasteiger partial charge is 0.0654 e. The Hall–Kier alpha value is -1.51. The molecule has 2 unspecified atom stereocenters. The summed E-state index contributed by atoms with van der Waals surface area (Å²) in [5, 5.41) is 12.8. The number of fused-ring (bicyclic) bond motifs is 9. The van der Waals surface area contributed by atoms with Crippen LogP contribution >= 0.6 is 0 Å². The van der Waals surface area contributed by atoms with Gasteiger partial charge in [0.05, 0.1) is 11.7 Å². The van der Waals surface area contributed by atoms with Crippen molar-refractivity contribution < 1.29 is 0 Å². The standard InChI is InChI=1S/C18H21N3/c1-2-9(1)18-16-11-4-3-10(7-11)15(16)17-12-8-19-21-13(12)5-6-14(17)20-18/h5-6,8-11,15-16,18,20H,1-4,7H2,(H,19,21)/t10?,11?,15-,16+,18-/m0/s1. The van der Waals surface area contributed by atoms with Gasteiger partial charge in [-0.15, -0.1) is 0 Å². The van der Waals surface area contributed by atoms with Gasteiger partial charge in [0.2, 0.25) is 0 Å². The lowest BCUT2D eigenvalue weighted by Crippen LogP contribution is -2.42. The molecule has 3 fully saturated rings. The van der Waals surface area contributed by atoms with Crippen LogP contribution in [0.4, 0.5) is 5.69 Å². The predicted molar refractivity (Wildman–Crippen MR) is 83.3 cm³/mol. The fourth-order valence-corrected chi connectivity index (χ4v) is 5.97. The van der Waals surface area contributed by atoms with Crippen LogP contribution in [0.5, 0.6) is 0 Å². The summed E-state index contributed by atoms with van der Waals surface area (Å²) in [6, 6.07) is 5.25. The Labute approximate surface area is 124 Å². The van der Waals surface area contributed by atoms with Gasteiger partial charge in [-0.05, 0) is 79.4 Å². The molecule has 2 heterocycles. The minimum atomic E-state index is 0.752.